The van der Waals surface area contributed by atoms with E-state index in [0.29, 0.717) is 5.69 Å². The number of rotatable bonds is 4. The van der Waals surface area contributed by atoms with Crippen molar-refractivity contribution in [2.24, 2.45) is 0 Å². The van der Waals surface area contributed by atoms with E-state index in [2.05, 4.69) is 4.98 Å². The fraction of sp³-hybridized carbons (Fsp3) is 0.167. The monoisotopic (exact) mass is 297 g/mol. The lowest BCUT2D eigenvalue weighted by atomic mass is 10.2. The van der Waals surface area contributed by atoms with E-state index >= 15 is 0 Å². The Hall–Kier alpha value is -1.73. The van der Waals surface area contributed by atoms with Gasteiger partial charge in [0.2, 0.25) is 0 Å². The number of carbonyl (C=O) groups is 1. The number of hydrogen-bond donors (Lipinski definition) is 1. The summed E-state index contributed by atoms with van der Waals surface area (Å²) in [5.41, 5.74) is 0.220. The van der Waals surface area contributed by atoms with Crippen molar-refractivity contribution >= 4 is 27.1 Å². The number of thiazole rings is 1. The molecule has 1 aromatic heterocycles. The number of benzene rings is 1. The summed E-state index contributed by atoms with van der Waals surface area (Å²) >= 11 is 1.36. The van der Waals surface area contributed by atoms with Gasteiger partial charge >= 0.3 is 5.97 Å². The van der Waals surface area contributed by atoms with Crippen LogP contribution in [0.15, 0.2) is 34.5 Å². The number of hydrogen-bond acceptors (Lipinski definition) is 5. The van der Waals surface area contributed by atoms with Crippen molar-refractivity contribution in [2.75, 3.05) is 0 Å². The molecule has 100 valence electrons. The number of sulfone groups is 1. The second-order valence-corrected chi connectivity index (χ2v) is 6.94. The van der Waals surface area contributed by atoms with Crippen molar-refractivity contribution in [3.63, 3.8) is 0 Å². The Morgan fingerprint density at radius 1 is 1.37 bits per heavy atom. The first kappa shape index (κ1) is 13.7. The Labute approximate surface area is 114 Å². The number of aryl methyl sites for hydroxylation is 1. The highest BCUT2D eigenvalue weighted by Crippen LogP contribution is 2.21. The molecule has 1 N–H and O–H groups in total. The molecule has 0 spiro atoms. The topological polar surface area (TPSA) is 84.3 Å². The molecule has 0 saturated carbocycles. The number of carboxylic acids is 1. The van der Waals surface area contributed by atoms with Gasteiger partial charge in [-0.3, -0.25) is 0 Å². The zero-order valence-corrected chi connectivity index (χ0v) is 11.7. The summed E-state index contributed by atoms with van der Waals surface area (Å²) in [6.45, 7) is 1.78. The van der Waals surface area contributed by atoms with Gasteiger partial charge < -0.3 is 5.11 Å². The molecule has 0 saturated heterocycles. The largest absolute Gasteiger partial charge is 0.478 e. The molecule has 2 aromatic rings. The Bertz CT molecular complexity index is 719. The fourth-order valence-corrected chi connectivity index (χ4v) is 3.85. The average Bonchev–Trinajstić information content (AvgIpc) is 2.74. The van der Waals surface area contributed by atoms with Gasteiger partial charge in [-0.2, -0.15) is 0 Å². The van der Waals surface area contributed by atoms with E-state index < -0.39 is 15.8 Å². The highest BCUT2D eigenvalue weighted by Gasteiger charge is 2.23. The second kappa shape index (κ2) is 5.10. The van der Waals surface area contributed by atoms with Crippen LogP contribution in [0, 0.1) is 6.92 Å². The van der Waals surface area contributed by atoms with Crippen LogP contribution in [0.4, 0.5) is 0 Å². The SMILES string of the molecule is Cc1nc(CS(=O)(=O)c2ccccc2C(=O)O)cs1. The minimum atomic E-state index is -3.71. The molecule has 5 nitrogen and oxygen atoms in total. The summed E-state index contributed by atoms with van der Waals surface area (Å²) < 4.78 is 24.5. The minimum Gasteiger partial charge on any atom is -0.478 e. The first-order valence-corrected chi connectivity index (χ1v) is 7.89. The zero-order chi connectivity index (χ0) is 14.0. The van der Waals surface area contributed by atoms with Gasteiger partial charge in [0.05, 0.1) is 26.9 Å². The molecular formula is C12H11NO4S2. The third-order valence-electron chi connectivity index (χ3n) is 2.46. The van der Waals surface area contributed by atoms with E-state index in [0.717, 1.165) is 5.01 Å². The summed E-state index contributed by atoms with van der Waals surface area (Å²) in [6.07, 6.45) is 0. The normalized spacial score (nSPS) is 11.4. The van der Waals surface area contributed by atoms with Crippen molar-refractivity contribution in [3.05, 3.63) is 45.9 Å². The zero-order valence-electron chi connectivity index (χ0n) is 10.0. The quantitative estimate of drug-likeness (QED) is 0.934. The van der Waals surface area contributed by atoms with Crippen molar-refractivity contribution in [1.82, 2.24) is 4.98 Å². The maximum Gasteiger partial charge on any atom is 0.337 e. The summed E-state index contributed by atoms with van der Waals surface area (Å²) in [6, 6.07) is 5.58. The van der Waals surface area contributed by atoms with Gasteiger partial charge in [0.15, 0.2) is 9.84 Å². The average molecular weight is 297 g/mol. The maximum absolute atomic E-state index is 12.2. The highest BCUT2D eigenvalue weighted by molar-refractivity contribution is 7.90. The smallest absolute Gasteiger partial charge is 0.337 e. The van der Waals surface area contributed by atoms with Crippen LogP contribution < -0.4 is 0 Å². The van der Waals surface area contributed by atoms with E-state index in [1.165, 1.54) is 35.6 Å². The standard InChI is InChI=1S/C12H11NO4S2/c1-8-13-9(6-18-8)7-19(16,17)11-5-3-2-4-10(11)12(14)15/h2-6H,7H2,1H3,(H,14,15). The van der Waals surface area contributed by atoms with Crippen molar-refractivity contribution in [3.8, 4) is 0 Å². The van der Waals surface area contributed by atoms with Crippen LogP contribution in [0.2, 0.25) is 0 Å². The van der Waals surface area contributed by atoms with E-state index in [4.69, 9.17) is 5.11 Å². The summed E-state index contributed by atoms with van der Waals surface area (Å²) in [5.74, 6) is -1.55. The molecule has 0 radical (unpaired) electrons. The van der Waals surface area contributed by atoms with Gasteiger partial charge in [0.25, 0.3) is 0 Å². The molecular weight excluding hydrogens is 286 g/mol. The van der Waals surface area contributed by atoms with Crippen LogP contribution in [0.25, 0.3) is 0 Å². The van der Waals surface area contributed by atoms with Gasteiger partial charge in [0.1, 0.15) is 0 Å². The molecule has 0 atom stereocenters. The van der Waals surface area contributed by atoms with Crippen LogP contribution in [0.5, 0.6) is 0 Å². The lowest BCUT2D eigenvalue weighted by Gasteiger charge is -2.06. The van der Waals surface area contributed by atoms with E-state index in [1.54, 1.807) is 12.3 Å². The lowest BCUT2D eigenvalue weighted by molar-refractivity contribution is 0.0692. The number of nitrogens with zero attached hydrogens (tertiary/aromatic N) is 1. The lowest BCUT2D eigenvalue weighted by Crippen LogP contribution is -2.11. The molecule has 0 amide bonds. The highest BCUT2D eigenvalue weighted by atomic mass is 32.2. The van der Waals surface area contributed by atoms with Crippen molar-refractivity contribution < 1.29 is 18.3 Å². The summed E-state index contributed by atoms with van der Waals surface area (Å²) in [5, 5.41) is 11.5. The Morgan fingerprint density at radius 3 is 2.63 bits per heavy atom. The van der Waals surface area contributed by atoms with Crippen molar-refractivity contribution in [2.45, 2.75) is 17.6 Å². The number of aromatic carboxylic acids is 1. The molecule has 7 heteroatoms. The van der Waals surface area contributed by atoms with Gasteiger partial charge in [-0.1, -0.05) is 12.1 Å². The molecule has 1 heterocycles. The molecule has 0 aliphatic heterocycles. The molecule has 19 heavy (non-hydrogen) atoms. The van der Waals surface area contributed by atoms with Gasteiger partial charge in [-0.15, -0.1) is 11.3 Å². The van der Waals surface area contributed by atoms with Crippen LogP contribution in [-0.4, -0.2) is 24.5 Å². The minimum absolute atomic E-state index is 0.173. The van der Waals surface area contributed by atoms with Gasteiger partial charge in [0, 0.05) is 5.38 Å². The van der Waals surface area contributed by atoms with Crippen molar-refractivity contribution in [1.29, 1.82) is 0 Å². The molecule has 1 aromatic carbocycles. The van der Waals surface area contributed by atoms with Crippen LogP contribution in [-0.2, 0) is 15.6 Å². The second-order valence-electron chi connectivity index (χ2n) is 3.92. The predicted molar refractivity (Wildman–Crippen MR) is 71.1 cm³/mol. The summed E-state index contributed by atoms with van der Waals surface area (Å²) in [4.78, 5) is 15.0. The third-order valence-corrected chi connectivity index (χ3v) is 4.98. The van der Waals surface area contributed by atoms with Gasteiger partial charge in [-0.25, -0.2) is 18.2 Å². The van der Waals surface area contributed by atoms with E-state index in [-0.39, 0.29) is 16.2 Å². The third kappa shape index (κ3) is 2.99. The summed E-state index contributed by atoms with van der Waals surface area (Å²) in [7, 11) is -3.71. The van der Waals surface area contributed by atoms with E-state index in [9.17, 15) is 13.2 Å². The molecule has 2 rings (SSSR count). The Balaban J connectivity index is 2.43. The van der Waals surface area contributed by atoms with Crippen LogP contribution in [0.1, 0.15) is 21.1 Å². The molecule has 0 aliphatic rings. The maximum atomic E-state index is 12.2. The Morgan fingerprint density at radius 2 is 2.05 bits per heavy atom. The molecule has 0 aliphatic carbocycles. The molecule has 0 unspecified atom stereocenters. The first-order valence-electron chi connectivity index (χ1n) is 5.36. The molecule has 0 bridgehead atoms. The fourth-order valence-electron chi connectivity index (χ4n) is 1.66. The number of aromatic nitrogens is 1. The number of carboxylic acid groups (broad SMARTS) is 1. The predicted octanol–water partition coefficient (Wildman–Crippen LogP) is 2.12. The molecule has 0 fully saturated rings. The van der Waals surface area contributed by atoms with E-state index in [1.807, 2.05) is 0 Å². The first-order chi connectivity index (χ1) is 8.90. The van der Waals surface area contributed by atoms with Crippen LogP contribution in [0.3, 0.4) is 0 Å². The van der Waals surface area contributed by atoms with Gasteiger partial charge in [-0.05, 0) is 19.1 Å². The Kier molecular flexibility index (Phi) is 3.68. The van der Waals surface area contributed by atoms with Crippen LogP contribution >= 0.6 is 11.3 Å².